The number of rotatable bonds is 5. The lowest BCUT2D eigenvalue weighted by Gasteiger charge is -2.21. The molecule has 1 heterocycles. The quantitative estimate of drug-likeness (QED) is 0.646. The fourth-order valence-corrected chi connectivity index (χ4v) is 1.89. The van der Waals surface area contributed by atoms with E-state index in [0.29, 0.717) is 5.69 Å². The summed E-state index contributed by atoms with van der Waals surface area (Å²) in [6, 6.07) is 2.63. The van der Waals surface area contributed by atoms with Gasteiger partial charge in [0.05, 0.1) is 17.3 Å². The van der Waals surface area contributed by atoms with Crippen LogP contribution in [0.2, 0.25) is 0 Å². The number of pyridine rings is 1. The van der Waals surface area contributed by atoms with Crippen molar-refractivity contribution in [1.29, 1.82) is 0 Å². The summed E-state index contributed by atoms with van der Waals surface area (Å²) in [4.78, 5) is 15.9. The minimum Gasteiger partial charge on any atom is -0.444 e. The normalized spacial score (nSPS) is 12.8. The Bertz CT molecular complexity index is 659. The van der Waals surface area contributed by atoms with Crippen LogP contribution in [0.25, 0.3) is 5.57 Å². The molecule has 1 N–H and O–H groups in total. The highest BCUT2D eigenvalue weighted by molar-refractivity contribution is 5.79. The Balaban J connectivity index is 0.00000301. The molecule has 0 aliphatic heterocycles. The van der Waals surface area contributed by atoms with E-state index in [0.717, 1.165) is 6.08 Å². The van der Waals surface area contributed by atoms with Gasteiger partial charge in [-0.2, -0.15) is 0 Å². The minimum absolute atomic E-state index is 0.230. The van der Waals surface area contributed by atoms with Crippen LogP contribution in [-0.4, -0.2) is 16.7 Å². The van der Waals surface area contributed by atoms with Gasteiger partial charge in [0.25, 0.3) is 0 Å². The summed E-state index contributed by atoms with van der Waals surface area (Å²) in [6.45, 7) is 17.4. The largest absolute Gasteiger partial charge is 0.444 e. The number of alkyl carbamates (subject to hydrolysis) is 1. The first kappa shape index (κ1) is 23.5. The highest BCUT2D eigenvalue weighted by atomic mass is 19.1. The molecule has 1 aromatic heterocycles. The molecule has 0 aromatic carbocycles. The second-order valence-corrected chi connectivity index (χ2v) is 6.17. The molecule has 0 saturated heterocycles. The van der Waals surface area contributed by atoms with Gasteiger partial charge in [-0.3, -0.25) is 4.98 Å². The molecule has 0 aliphatic carbocycles. The average Bonchev–Trinajstić information content (AvgIpc) is 2.55. The summed E-state index contributed by atoms with van der Waals surface area (Å²) in [6.07, 6.45) is 1.64. The third kappa shape index (κ3) is 7.59. The lowest BCUT2D eigenvalue weighted by molar-refractivity contribution is 0.0507. The van der Waals surface area contributed by atoms with Crippen LogP contribution in [0.15, 0.2) is 49.2 Å². The Labute approximate surface area is 154 Å². The van der Waals surface area contributed by atoms with Gasteiger partial charge in [0.2, 0.25) is 0 Å². The maximum atomic E-state index is 13.7. The van der Waals surface area contributed by atoms with Crippen LogP contribution < -0.4 is 5.32 Å². The fourth-order valence-electron chi connectivity index (χ4n) is 1.89. The molecule has 0 saturated carbocycles. The summed E-state index contributed by atoms with van der Waals surface area (Å²) in [5, 5.41) is 2.64. The van der Waals surface area contributed by atoms with Crippen LogP contribution in [-0.2, 0) is 4.74 Å². The van der Waals surface area contributed by atoms with Crippen molar-refractivity contribution in [2.24, 2.45) is 0 Å². The summed E-state index contributed by atoms with van der Waals surface area (Å²) in [7, 11) is 0. The molecular weight excluding hydrogens is 338 g/mol. The number of ether oxygens (including phenoxy) is 1. The maximum Gasteiger partial charge on any atom is 0.408 e. The zero-order chi connectivity index (χ0) is 20.5. The lowest BCUT2D eigenvalue weighted by atomic mass is 10.0. The zero-order valence-electron chi connectivity index (χ0n) is 16.3. The summed E-state index contributed by atoms with van der Waals surface area (Å²) in [5.74, 6) is -1.74. The van der Waals surface area contributed by atoms with Crippen LogP contribution >= 0.6 is 0 Å². The molecule has 0 spiro atoms. The Morgan fingerprint density at radius 3 is 2.27 bits per heavy atom. The maximum absolute atomic E-state index is 13.7. The molecule has 0 radical (unpaired) electrons. The summed E-state index contributed by atoms with van der Waals surface area (Å²) in [5.41, 5.74) is -0.151. The second kappa shape index (κ2) is 10.5. The van der Waals surface area contributed by atoms with E-state index in [-0.39, 0.29) is 11.1 Å². The second-order valence-electron chi connectivity index (χ2n) is 6.17. The third-order valence-electron chi connectivity index (χ3n) is 2.94. The van der Waals surface area contributed by atoms with Gasteiger partial charge in [-0.1, -0.05) is 33.1 Å². The molecule has 4 nitrogen and oxygen atoms in total. The number of aromatic nitrogens is 1. The highest BCUT2D eigenvalue weighted by Gasteiger charge is 2.19. The lowest BCUT2D eigenvalue weighted by Crippen LogP contribution is -2.34. The van der Waals surface area contributed by atoms with E-state index in [1.165, 1.54) is 12.3 Å². The van der Waals surface area contributed by atoms with Crippen molar-refractivity contribution in [3.8, 4) is 0 Å². The molecule has 1 atom stereocenters. The summed E-state index contributed by atoms with van der Waals surface area (Å²) < 4.78 is 32.3. The Hall–Kier alpha value is -2.50. The van der Waals surface area contributed by atoms with Crippen LogP contribution in [0.3, 0.4) is 0 Å². The van der Waals surface area contributed by atoms with Gasteiger partial charge in [-0.15, -0.1) is 0 Å². The molecule has 1 aromatic rings. The van der Waals surface area contributed by atoms with E-state index in [2.05, 4.69) is 23.5 Å². The van der Waals surface area contributed by atoms with E-state index in [1.807, 2.05) is 13.8 Å². The molecule has 0 aliphatic rings. The number of nitrogens with zero attached hydrogens (tertiary/aromatic N) is 1. The van der Waals surface area contributed by atoms with Crippen LogP contribution in [0, 0.1) is 0 Å². The standard InChI is InChI=1S/C18H22F2N2O2.C2H6/c1-7-14(20)16(11(2)19)13-8-9-15(21-10-13)12(3)22-17(23)24-18(4,5)6;1-2/h7-10,12H,1-2H2,3-6H3,(H,22,23);1-2H3/b16-14-;. The Morgan fingerprint density at radius 1 is 1.31 bits per heavy atom. The van der Waals surface area contributed by atoms with E-state index in [4.69, 9.17) is 4.74 Å². The molecule has 1 rings (SSSR count). The molecular formula is C20H28F2N2O2. The van der Waals surface area contributed by atoms with Gasteiger partial charge in [-0.25, -0.2) is 13.6 Å². The summed E-state index contributed by atoms with van der Waals surface area (Å²) >= 11 is 0. The van der Waals surface area contributed by atoms with Crippen LogP contribution in [0.5, 0.6) is 0 Å². The molecule has 144 valence electrons. The molecule has 26 heavy (non-hydrogen) atoms. The van der Waals surface area contributed by atoms with Crippen molar-refractivity contribution >= 4 is 11.7 Å². The minimum atomic E-state index is -0.915. The van der Waals surface area contributed by atoms with Crippen molar-refractivity contribution in [1.82, 2.24) is 10.3 Å². The number of carbonyl (C=O) groups excluding carboxylic acids is 1. The first-order chi connectivity index (χ1) is 12.0. The predicted octanol–water partition coefficient (Wildman–Crippen LogP) is 6.04. The van der Waals surface area contributed by atoms with Gasteiger partial charge < -0.3 is 10.1 Å². The molecule has 0 bridgehead atoms. The van der Waals surface area contributed by atoms with Gasteiger partial charge in [0.1, 0.15) is 17.3 Å². The van der Waals surface area contributed by atoms with Crippen molar-refractivity contribution in [2.75, 3.05) is 0 Å². The monoisotopic (exact) mass is 366 g/mol. The molecule has 0 fully saturated rings. The first-order valence-corrected chi connectivity index (χ1v) is 8.38. The first-order valence-electron chi connectivity index (χ1n) is 8.38. The van der Waals surface area contributed by atoms with Crippen molar-refractivity contribution in [3.63, 3.8) is 0 Å². The highest BCUT2D eigenvalue weighted by Crippen LogP contribution is 2.28. The zero-order valence-corrected chi connectivity index (χ0v) is 16.3. The van der Waals surface area contributed by atoms with Gasteiger partial charge >= 0.3 is 6.09 Å². The number of nitrogens with one attached hydrogen (secondary N) is 1. The van der Waals surface area contributed by atoms with Gasteiger partial charge in [0.15, 0.2) is 0 Å². The molecule has 1 amide bonds. The van der Waals surface area contributed by atoms with Gasteiger partial charge in [-0.05, 0) is 39.8 Å². The smallest absolute Gasteiger partial charge is 0.408 e. The number of amides is 1. The Kier molecular flexibility index (Phi) is 9.47. The number of carbonyl (C=O) groups is 1. The predicted molar refractivity (Wildman–Crippen MR) is 102 cm³/mol. The van der Waals surface area contributed by atoms with E-state index >= 15 is 0 Å². The average molecular weight is 366 g/mol. The molecule has 6 heteroatoms. The third-order valence-corrected chi connectivity index (χ3v) is 2.94. The number of allylic oxidation sites excluding steroid dienone is 4. The van der Waals surface area contributed by atoms with Crippen molar-refractivity contribution in [3.05, 3.63) is 60.5 Å². The van der Waals surface area contributed by atoms with E-state index < -0.39 is 29.4 Å². The number of halogens is 2. The number of hydrogen-bond donors (Lipinski definition) is 1. The topological polar surface area (TPSA) is 51.2 Å². The fraction of sp³-hybridized carbons (Fsp3) is 0.400. The Morgan fingerprint density at radius 2 is 1.88 bits per heavy atom. The van der Waals surface area contributed by atoms with E-state index in [9.17, 15) is 13.6 Å². The van der Waals surface area contributed by atoms with E-state index in [1.54, 1.807) is 33.8 Å². The molecule has 1 unspecified atom stereocenters. The van der Waals surface area contributed by atoms with Crippen LogP contribution in [0.4, 0.5) is 13.6 Å². The van der Waals surface area contributed by atoms with Gasteiger partial charge in [0, 0.05) is 11.8 Å². The van der Waals surface area contributed by atoms with Crippen LogP contribution in [0.1, 0.15) is 58.8 Å². The van der Waals surface area contributed by atoms with Crippen molar-refractivity contribution in [2.45, 2.75) is 53.2 Å². The van der Waals surface area contributed by atoms with Crippen molar-refractivity contribution < 1.29 is 18.3 Å². The SMILES string of the molecule is C=C/C(F)=C(\C(=C)F)c1ccc(C(C)NC(=O)OC(C)(C)C)nc1.CC. The number of hydrogen-bond acceptors (Lipinski definition) is 3.